The Bertz CT molecular complexity index is 883. The summed E-state index contributed by atoms with van der Waals surface area (Å²) >= 11 is 0. The van der Waals surface area contributed by atoms with Gasteiger partial charge in [-0.25, -0.2) is 14.4 Å². The van der Waals surface area contributed by atoms with Crippen LogP contribution in [0.25, 0.3) is 0 Å². The minimum absolute atomic E-state index is 0. The van der Waals surface area contributed by atoms with Crippen molar-refractivity contribution in [3.05, 3.63) is 54.0 Å². The van der Waals surface area contributed by atoms with Crippen LogP contribution in [0.15, 0.2) is 47.6 Å². The first-order chi connectivity index (χ1) is 15.7. The van der Waals surface area contributed by atoms with Crippen LogP contribution in [-0.2, 0) is 11.3 Å². The van der Waals surface area contributed by atoms with E-state index in [0.29, 0.717) is 6.54 Å². The number of ether oxygens (including phenoxy) is 1. The van der Waals surface area contributed by atoms with Crippen molar-refractivity contribution in [1.29, 1.82) is 0 Å². The van der Waals surface area contributed by atoms with Crippen LogP contribution in [0, 0.1) is 5.82 Å². The van der Waals surface area contributed by atoms with Gasteiger partial charge in [0.2, 0.25) is 0 Å². The predicted octanol–water partition coefficient (Wildman–Crippen LogP) is 3.40. The van der Waals surface area contributed by atoms with Crippen LogP contribution in [-0.4, -0.2) is 62.9 Å². The van der Waals surface area contributed by atoms with Gasteiger partial charge in [0.05, 0.1) is 12.6 Å². The summed E-state index contributed by atoms with van der Waals surface area (Å²) in [5.74, 6) is 1.60. The molecule has 2 aliphatic heterocycles. The van der Waals surface area contributed by atoms with Crippen molar-refractivity contribution in [3.63, 3.8) is 0 Å². The minimum atomic E-state index is -0.199. The van der Waals surface area contributed by atoms with Crippen molar-refractivity contribution >= 4 is 41.4 Å². The molecule has 1 atom stereocenters. The van der Waals surface area contributed by atoms with Gasteiger partial charge in [0.25, 0.3) is 0 Å². The van der Waals surface area contributed by atoms with Crippen LogP contribution in [0.4, 0.5) is 15.9 Å². The second-order valence-corrected chi connectivity index (χ2v) is 8.18. The van der Waals surface area contributed by atoms with E-state index >= 15 is 0 Å². The fraction of sp³-hybridized carbons (Fsp3) is 0.500. The number of aromatic nitrogens is 1. The van der Waals surface area contributed by atoms with Crippen molar-refractivity contribution in [2.24, 2.45) is 4.99 Å². The summed E-state index contributed by atoms with van der Waals surface area (Å²) in [7, 11) is 0. The number of nitrogens with one attached hydrogen (secondary N) is 2. The number of pyridine rings is 1. The molecule has 0 saturated carbocycles. The molecule has 0 radical (unpaired) electrons. The molecule has 2 aliphatic rings. The number of hydrogen-bond donors (Lipinski definition) is 2. The van der Waals surface area contributed by atoms with Crippen LogP contribution >= 0.6 is 24.0 Å². The number of rotatable bonds is 7. The zero-order valence-electron chi connectivity index (χ0n) is 19.2. The molecule has 9 heteroatoms. The zero-order chi connectivity index (χ0) is 22.2. The summed E-state index contributed by atoms with van der Waals surface area (Å²) in [5.41, 5.74) is 2.19. The molecule has 1 aromatic heterocycles. The molecule has 33 heavy (non-hydrogen) atoms. The third-order valence-corrected chi connectivity index (χ3v) is 5.89. The molecule has 0 spiro atoms. The lowest BCUT2D eigenvalue weighted by Crippen LogP contribution is -2.46. The molecule has 3 heterocycles. The van der Waals surface area contributed by atoms with Crippen molar-refractivity contribution in [1.82, 2.24) is 15.6 Å². The molecule has 4 rings (SSSR count). The summed E-state index contributed by atoms with van der Waals surface area (Å²) < 4.78 is 18.9. The number of anilines is 2. The van der Waals surface area contributed by atoms with Crippen molar-refractivity contribution in [2.75, 3.05) is 55.7 Å². The van der Waals surface area contributed by atoms with E-state index in [9.17, 15) is 4.39 Å². The van der Waals surface area contributed by atoms with E-state index in [4.69, 9.17) is 9.73 Å². The molecule has 2 fully saturated rings. The topological polar surface area (TPSA) is 65.0 Å². The van der Waals surface area contributed by atoms with Gasteiger partial charge in [0.15, 0.2) is 5.96 Å². The maximum Gasteiger partial charge on any atom is 0.191 e. The van der Waals surface area contributed by atoms with Gasteiger partial charge in [-0.1, -0.05) is 0 Å². The van der Waals surface area contributed by atoms with Gasteiger partial charge in [-0.05, 0) is 61.7 Å². The van der Waals surface area contributed by atoms with Crippen LogP contribution in [0.1, 0.15) is 25.3 Å². The smallest absolute Gasteiger partial charge is 0.191 e. The lowest BCUT2D eigenvalue weighted by Gasteiger charge is -2.36. The molecule has 0 aliphatic carbocycles. The van der Waals surface area contributed by atoms with E-state index < -0.39 is 0 Å². The summed E-state index contributed by atoms with van der Waals surface area (Å²) in [5, 5.41) is 6.70. The fourth-order valence-electron chi connectivity index (χ4n) is 4.11. The van der Waals surface area contributed by atoms with Crippen LogP contribution in [0.3, 0.4) is 0 Å². The SMILES string of the molecule is CCNC(=NCc1ccnc(N2CCN(c3ccc(F)cc3)CC2)c1)NCC1CCCO1.I. The highest BCUT2D eigenvalue weighted by atomic mass is 127. The van der Waals surface area contributed by atoms with Gasteiger partial charge in [0, 0.05) is 57.8 Å². The summed E-state index contributed by atoms with van der Waals surface area (Å²) in [6, 6.07) is 10.9. The summed E-state index contributed by atoms with van der Waals surface area (Å²) in [4.78, 5) is 13.9. The highest BCUT2D eigenvalue weighted by molar-refractivity contribution is 14.0. The molecule has 7 nitrogen and oxygen atoms in total. The maximum atomic E-state index is 13.2. The first-order valence-electron chi connectivity index (χ1n) is 11.6. The second-order valence-electron chi connectivity index (χ2n) is 8.18. The highest BCUT2D eigenvalue weighted by Crippen LogP contribution is 2.20. The average Bonchev–Trinajstić information content (AvgIpc) is 3.35. The van der Waals surface area contributed by atoms with Gasteiger partial charge in [0.1, 0.15) is 11.6 Å². The molecule has 2 aromatic rings. The lowest BCUT2D eigenvalue weighted by atomic mass is 10.2. The molecule has 1 aromatic carbocycles. The molecule has 0 bridgehead atoms. The quantitative estimate of drug-likeness (QED) is 0.304. The van der Waals surface area contributed by atoms with E-state index in [-0.39, 0.29) is 35.9 Å². The third-order valence-electron chi connectivity index (χ3n) is 5.89. The predicted molar refractivity (Wildman–Crippen MR) is 142 cm³/mol. The highest BCUT2D eigenvalue weighted by Gasteiger charge is 2.19. The maximum absolute atomic E-state index is 13.2. The number of halogens is 2. The van der Waals surface area contributed by atoms with E-state index in [0.717, 1.165) is 81.7 Å². The van der Waals surface area contributed by atoms with Crippen molar-refractivity contribution in [3.8, 4) is 0 Å². The molecule has 0 amide bonds. The molecule has 2 saturated heterocycles. The second kappa shape index (κ2) is 12.9. The zero-order valence-corrected chi connectivity index (χ0v) is 21.5. The molecule has 180 valence electrons. The number of nitrogens with zero attached hydrogens (tertiary/aromatic N) is 4. The standard InChI is InChI=1S/C24H33FN6O.HI/c1-2-26-24(29-18-22-4-3-15-32-22)28-17-19-9-10-27-23(16-19)31-13-11-30(12-14-31)21-7-5-20(25)6-8-21;/h5-10,16,22H,2-4,11-15,17-18H2,1H3,(H2,26,28,29);1H. The molecule has 2 N–H and O–H groups in total. The van der Waals surface area contributed by atoms with Gasteiger partial charge in [-0.3, -0.25) is 0 Å². The Hall–Kier alpha value is -2.14. The van der Waals surface area contributed by atoms with Gasteiger partial charge < -0.3 is 25.2 Å². The molecule has 1 unspecified atom stereocenters. The van der Waals surface area contributed by atoms with E-state index in [1.54, 1.807) is 0 Å². The summed E-state index contributed by atoms with van der Waals surface area (Å²) in [6.07, 6.45) is 4.38. The Morgan fingerprint density at radius 2 is 1.88 bits per heavy atom. The number of hydrogen-bond acceptors (Lipinski definition) is 5. The first kappa shape index (κ1) is 25.5. The Balaban J connectivity index is 0.00000306. The van der Waals surface area contributed by atoms with E-state index in [2.05, 4.69) is 38.4 Å². The fourth-order valence-corrected chi connectivity index (χ4v) is 4.11. The normalized spacial score (nSPS) is 18.7. The Morgan fingerprint density at radius 3 is 2.58 bits per heavy atom. The van der Waals surface area contributed by atoms with E-state index in [1.807, 2.05) is 24.4 Å². The lowest BCUT2D eigenvalue weighted by molar-refractivity contribution is 0.114. The van der Waals surface area contributed by atoms with Crippen LogP contribution < -0.4 is 20.4 Å². The Kier molecular flexibility index (Phi) is 9.98. The largest absolute Gasteiger partial charge is 0.376 e. The number of benzene rings is 1. The minimum Gasteiger partial charge on any atom is -0.376 e. The number of aliphatic imine (C=N–C) groups is 1. The number of guanidine groups is 1. The molecular formula is C24H34FIN6O. The van der Waals surface area contributed by atoms with Crippen LogP contribution in [0.5, 0.6) is 0 Å². The summed E-state index contributed by atoms with van der Waals surface area (Å²) in [6.45, 7) is 8.64. The monoisotopic (exact) mass is 568 g/mol. The van der Waals surface area contributed by atoms with Crippen molar-refractivity contribution in [2.45, 2.75) is 32.4 Å². The van der Waals surface area contributed by atoms with Gasteiger partial charge >= 0.3 is 0 Å². The third kappa shape index (κ3) is 7.43. The average molecular weight is 568 g/mol. The van der Waals surface area contributed by atoms with E-state index in [1.165, 1.54) is 12.1 Å². The van der Waals surface area contributed by atoms with Gasteiger partial charge in [-0.2, -0.15) is 0 Å². The molecular weight excluding hydrogens is 534 g/mol. The van der Waals surface area contributed by atoms with Gasteiger partial charge in [-0.15, -0.1) is 24.0 Å². The number of piperazine rings is 1. The van der Waals surface area contributed by atoms with Crippen LogP contribution in [0.2, 0.25) is 0 Å². The van der Waals surface area contributed by atoms with Crippen molar-refractivity contribution < 1.29 is 9.13 Å². The first-order valence-corrected chi connectivity index (χ1v) is 11.6. The Labute approximate surface area is 212 Å². The Morgan fingerprint density at radius 1 is 1.12 bits per heavy atom.